The SMILES string of the molecule is C=C(C)COc1cccc(C(=O)NC(C)C)c1. The van der Waals surface area contributed by atoms with Crippen molar-refractivity contribution < 1.29 is 9.53 Å². The Labute approximate surface area is 102 Å². The van der Waals surface area contributed by atoms with E-state index in [4.69, 9.17) is 4.74 Å². The van der Waals surface area contributed by atoms with Gasteiger partial charge in [-0.05, 0) is 44.5 Å². The highest BCUT2D eigenvalue weighted by Crippen LogP contribution is 2.14. The fourth-order valence-corrected chi connectivity index (χ4v) is 1.28. The average molecular weight is 233 g/mol. The van der Waals surface area contributed by atoms with E-state index in [-0.39, 0.29) is 11.9 Å². The molecule has 0 spiro atoms. The van der Waals surface area contributed by atoms with Gasteiger partial charge in [-0.15, -0.1) is 0 Å². The molecule has 0 aromatic heterocycles. The highest BCUT2D eigenvalue weighted by molar-refractivity contribution is 5.94. The summed E-state index contributed by atoms with van der Waals surface area (Å²) in [6.45, 7) is 9.99. The van der Waals surface area contributed by atoms with Crippen LogP contribution in [-0.2, 0) is 0 Å². The zero-order valence-electron chi connectivity index (χ0n) is 10.6. The van der Waals surface area contributed by atoms with Crippen LogP contribution in [0.3, 0.4) is 0 Å². The summed E-state index contributed by atoms with van der Waals surface area (Å²) in [7, 11) is 0. The smallest absolute Gasteiger partial charge is 0.251 e. The van der Waals surface area contributed by atoms with Gasteiger partial charge in [0.2, 0.25) is 0 Å². The van der Waals surface area contributed by atoms with Gasteiger partial charge in [-0.25, -0.2) is 0 Å². The molecule has 0 unspecified atom stereocenters. The Morgan fingerprint density at radius 1 is 1.47 bits per heavy atom. The van der Waals surface area contributed by atoms with E-state index in [1.165, 1.54) is 0 Å². The van der Waals surface area contributed by atoms with Crippen LogP contribution in [0, 0.1) is 0 Å². The first-order chi connectivity index (χ1) is 7.99. The third-order valence-electron chi connectivity index (χ3n) is 2.00. The van der Waals surface area contributed by atoms with Gasteiger partial charge in [-0.3, -0.25) is 4.79 Å². The third-order valence-corrected chi connectivity index (χ3v) is 2.00. The van der Waals surface area contributed by atoms with Crippen LogP contribution < -0.4 is 10.1 Å². The van der Waals surface area contributed by atoms with Crippen LogP contribution in [0.15, 0.2) is 36.4 Å². The zero-order valence-corrected chi connectivity index (χ0v) is 10.6. The van der Waals surface area contributed by atoms with E-state index in [1.54, 1.807) is 12.1 Å². The molecule has 0 aliphatic heterocycles. The maximum absolute atomic E-state index is 11.8. The normalized spacial score (nSPS) is 10.1. The van der Waals surface area contributed by atoms with Crippen molar-refractivity contribution in [3.8, 4) is 5.75 Å². The summed E-state index contributed by atoms with van der Waals surface area (Å²) >= 11 is 0. The molecule has 0 saturated carbocycles. The lowest BCUT2D eigenvalue weighted by Gasteiger charge is -2.10. The van der Waals surface area contributed by atoms with Crippen molar-refractivity contribution in [1.29, 1.82) is 0 Å². The van der Waals surface area contributed by atoms with E-state index in [1.807, 2.05) is 32.9 Å². The molecule has 92 valence electrons. The van der Waals surface area contributed by atoms with Crippen molar-refractivity contribution in [2.75, 3.05) is 6.61 Å². The average Bonchev–Trinajstić information content (AvgIpc) is 2.26. The van der Waals surface area contributed by atoms with Gasteiger partial charge in [0.05, 0.1) is 0 Å². The number of carbonyl (C=O) groups excluding carboxylic acids is 1. The minimum absolute atomic E-state index is 0.0826. The summed E-state index contributed by atoms with van der Waals surface area (Å²) in [4.78, 5) is 11.8. The molecular weight excluding hydrogens is 214 g/mol. The molecule has 3 heteroatoms. The Bertz CT molecular complexity index is 410. The molecule has 0 heterocycles. The van der Waals surface area contributed by atoms with E-state index in [0.29, 0.717) is 17.9 Å². The van der Waals surface area contributed by atoms with E-state index in [9.17, 15) is 4.79 Å². The lowest BCUT2D eigenvalue weighted by Crippen LogP contribution is -2.30. The molecule has 0 fully saturated rings. The van der Waals surface area contributed by atoms with Gasteiger partial charge < -0.3 is 10.1 Å². The van der Waals surface area contributed by atoms with Crippen LogP contribution in [0.4, 0.5) is 0 Å². The van der Waals surface area contributed by atoms with Gasteiger partial charge in [0.25, 0.3) is 5.91 Å². The van der Waals surface area contributed by atoms with Crippen molar-refractivity contribution in [3.05, 3.63) is 42.0 Å². The molecule has 0 aliphatic rings. The monoisotopic (exact) mass is 233 g/mol. The topological polar surface area (TPSA) is 38.3 Å². The minimum Gasteiger partial charge on any atom is -0.489 e. The second-order valence-corrected chi connectivity index (χ2v) is 4.40. The molecule has 17 heavy (non-hydrogen) atoms. The number of hydrogen-bond acceptors (Lipinski definition) is 2. The molecule has 0 bridgehead atoms. The van der Waals surface area contributed by atoms with Crippen LogP contribution >= 0.6 is 0 Å². The quantitative estimate of drug-likeness (QED) is 0.794. The maximum atomic E-state index is 11.8. The third kappa shape index (κ3) is 4.72. The largest absolute Gasteiger partial charge is 0.489 e. The summed E-state index contributed by atoms with van der Waals surface area (Å²) in [6.07, 6.45) is 0. The molecule has 0 atom stereocenters. The Hall–Kier alpha value is -1.77. The van der Waals surface area contributed by atoms with E-state index >= 15 is 0 Å². The van der Waals surface area contributed by atoms with E-state index in [2.05, 4.69) is 11.9 Å². The van der Waals surface area contributed by atoms with E-state index in [0.717, 1.165) is 5.57 Å². The van der Waals surface area contributed by atoms with Crippen LogP contribution in [0.2, 0.25) is 0 Å². The van der Waals surface area contributed by atoms with Crippen molar-refractivity contribution in [3.63, 3.8) is 0 Å². The first-order valence-electron chi connectivity index (χ1n) is 5.67. The highest BCUT2D eigenvalue weighted by atomic mass is 16.5. The molecular formula is C14H19NO2. The Morgan fingerprint density at radius 2 is 2.18 bits per heavy atom. The molecule has 0 radical (unpaired) electrons. The summed E-state index contributed by atoms with van der Waals surface area (Å²) < 4.78 is 5.48. The number of benzene rings is 1. The predicted molar refractivity (Wildman–Crippen MR) is 69.4 cm³/mol. The fourth-order valence-electron chi connectivity index (χ4n) is 1.28. The second-order valence-electron chi connectivity index (χ2n) is 4.40. The lowest BCUT2D eigenvalue weighted by atomic mass is 10.2. The van der Waals surface area contributed by atoms with Gasteiger partial charge in [0.1, 0.15) is 12.4 Å². The molecule has 1 N–H and O–H groups in total. The van der Waals surface area contributed by atoms with Crippen molar-refractivity contribution in [2.45, 2.75) is 26.8 Å². The van der Waals surface area contributed by atoms with Gasteiger partial charge in [-0.2, -0.15) is 0 Å². The first kappa shape index (κ1) is 13.3. The molecule has 0 saturated heterocycles. The standard InChI is InChI=1S/C14H19NO2/c1-10(2)9-17-13-7-5-6-12(8-13)14(16)15-11(3)4/h5-8,11H,1,9H2,2-4H3,(H,15,16). The van der Waals surface area contributed by atoms with Gasteiger partial charge in [0.15, 0.2) is 0 Å². The number of nitrogens with one attached hydrogen (secondary N) is 1. The summed E-state index contributed by atoms with van der Waals surface area (Å²) in [5, 5.41) is 2.84. The Balaban J connectivity index is 2.71. The maximum Gasteiger partial charge on any atom is 0.251 e. The molecule has 3 nitrogen and oxygen atoms in total. The van der Waals surface area contributed by atoms with Crippen molar-refractivity contribution >= 4 is 5.91 Å². The molecule has 1 aromatic rings. The van der Waals surface area contributed by atoms with Gasteiger partial charge >= 0.3 is 0 Å². The van der Waals surface area contributed by atoms with Crippen molar-refractivity contribution in [2.24, 2.45) is 0 Å². The van der Waals surface area contributed by atoms with Crippen molar-refractivity contribution in [1.82, 2.24) is 5.32 Å². The van der Waals surface area contributed by atoms with Crippen LogP contribution in [-0.4, -0.2) is 18.6 Å². The number of hydrogen-bond donors (Lipinski definition) is 1. The number of rotatable bonds is 5. The second kappa shape index (κ2) is 6.09. The highest BCUT2D eigenvalue weighted by Gasteiger charge is 2.07. The Morgan fingerprint density at radius 3 is 2.76 bits per heavy atom. The molecule has 1 amide bonds. The van der Waals surface area contributed by atoms with Gasteiger partial charge in [0, 0.05) is 11.6 Å². The summed E-state index contributed by atoms with van der Waals surface area (Å²) in [5.74, 6) is 0.602. The fraction of sp³-hybridized carbons (Fsp3) is 0.357. The summed E-state index contributed by atoms with van der Waals surface area (Å²) in [6, 6.07) is 7.27. The minimum atomic E-state index is -0.0826. The predicted octanol–water partition coefficient (Wildman–Crippen LogP) is 2.78. The number of amides is 1. The summed E-state index contributed by atoms with van der Waals surface area (Å²) in [5.41, 5.74) is 1.56. The van der Waals surface area contributed by atoms with Crippen LogP contribution in [0.1, 0.15) is 31.1 Å². The molecule has 1 rings (SSSR count). The van der Waals surface area contributed by atoms with Crippen LogP contribution in [0.25, 0.3) is 0 Å². The molecule has 1 aromatic carbocycles. The van der Waals surface area contributed by atoms with Crippen LogP contribution in [0.5, 0.6) is 5.75 Å². The molecule has 0 aliphatic carbocycles. The number of ether oxygens (including phenoxy) is 1. The van der Waals surface area contributed by atoms with E-state index < -0.39 is 0 Å². The Kier molecular flexibility index (Phi) is 4.76. The zero-order chi connectivity index (χ0) is 12.8. The lowest BCUT2D eigenvalue weighted by molar-refractivity contribution is 0.0942. The first-order valence-corrected chi connectivity index (χ1v) is 5.67. The van der Waals surface area contributed by atoms with Gasteiger partial charge in [-0.1, -0.05) is 12.6 Å². The number of carbonyl (C=O) groups is 1.